The molecule has 0 radical (unpaired) electrons. The molecule has 3 rings (SSSR count). The van der Waals surface area contributed by atoms with Gasteiger partial charge in [0.25, 0.3) is 0 Å². The molecule has 3 unspecified atom stereocenters. The third kappa shape index (κ3) is 0.869. The Kier molecular flexibility index (Phi) is 1.32. The summed E-state index contributed by atoms with van der Waals surface area (Å²) in [6.07, 6.45) is -1.29. The molecule has 2 saturated heterocycles. The standard InChI is InChI=1S/C8H8O6/c9-7(10)1-2(8(11)12)4-6(14-4)5-3(1)13-5/h1-6H,(H,9,10)(H,11,12)/t1-,2?,3-,4?,5-,6?/m0/s1. The summed E-state index contributed by atoms with van der Waals surface area (Å²) in [4.78, 5) is 21.7. The van der Waals surface area contributed by atoms with Gasteiger partial charge in [0, 0.05) is 0 Å². The minimum atomic E-state index is -1.11. The number of fused-ring (bicyclic) bond motifs is 3. The number of carbonyl (C=O) groups is 2. The van der Waals surface area contributed by atoms with Crippen LogP contribution < -0.4 is 0 Å². The molecule has 0 amide bonds. The normalized spacial score (nSPS) is 52.9. The molecule has 0 aromatic rings. The summed E-state index contributed by atoms with van der Waals surface area (Å²) in [5.41, 5.74) is 0. The van der Waals surface area contributed by atoms with E-state index in [1.807, 2.05) is 0 Å². The monoisotopic (exact) mass is 200 g/mol. The van der Waals surface area contributed by atoms with Crippen molar-refractivity contribution in [1.29, 1.82) is 0 Å². The molecule has 0 bridgehead atoms. The van der Waals surface area contributed by atoms with E-state index < -0.39 is 36.0 Å². The first-order chi connectivity index (χ1) is 6.61. The van der Waals surface area contributed by atoms with Crippen LogP contribution in [0.15, 0.2) is 0 Å². The summed E-state index contributed by atoms with van der Waals surface area (Å²) in [7, 11) is 0. The highest BCUT2D eigenvalue weighted by atomic mass is 16.7. The molecule has 6 heteroatoms. The van der Waals surface area contributed by atoms with Crippen LogP contribution in [0.3, 0.4) is 0 Å². The number of hydrogen-bond donors (Lipinski definition) is 2. The summed E-state index contributed by atoms with van der Waals surface area (Å²) in [6, 6.07) is 0. The van der Waals surface area contributed by atoms with Gasteiger partial charge in [-0.2, -0.15) is 0 Å². The topological polar surface area (TPSA) is 99.7 Å². The summed E-state index contributed by atoms with van der Waals surface area (Å²) in [5, 5.41) is 17.8. The van der Waals surface area contributed by atoms with Crippen molar-refractivity contribution < 1.29 is 29.3 Å². The second kappa shape index (κ2) is 2.26. The van der Waals surface area contributed by atoms with Gasteiger partial charge in [0.1, 0.15) is 36.3 Å². The van der Waals surface area contributed by atoms with Gasteiger partial charge in [-0.3, -0.25) is 9.59 Å². The fraction of sp³-hybridized carbons (Fsp3) is 0.750. The molecule has 3 aliphatic rings. The van der Waals surface area contributed by atoms with E-state index in [2.05, 4.69) is 0 Å². The minimum Gasteiger partial charge on any atom is -0.481 e. The highest BCUT2D eigenvalue weighted by Crippen LogP contribution is 2.53. The summed E-state index contributed by atoms with van der Waals surface area (Å²) in [5.74, 6) is -4.14. The summed E-state index contributed by atoms with van der Waals surface area (Å²) < 4.78 is 10.2. The van der Waals surface area contributed by atoms with Crippen molar-refractivity contribution in [1.82, 2.24) is 0 Å². The summed E-state index contributed by atoms with van der Waals surface area (Å²) >= 11 is 0. The van der Waals surface area contributed by atoms with Gasteiger partial charge in [-0.15, -0.1) is 0 Å². The van der Waals surface area contributed by atoms with Crippen LogP contribution in [-0.4, -0.2) is 46.6 Å². The zero-order chi connectivity index (χ0) is 10.0. The molecular weight excluding hydrogens is 192 g/mol. The number of aliphatic carboxylic acids is 2. The molecule has 3 fully saturated rings. The molecule has 0 spiro atoms. The summed E-state index contributed by atoms with van der Waals surface area (Å²) in [6.45, 7) is 0. The van der Waals surface area contributed by atoms with Crippen molar-refractivity contribution in [3.63, 3.8) is 0 Å². The Hall–Kier alpha value is -1.14. The highest BCUT2D eigenvalue weighted by molar-refractivity contribution is 5.82. The smallest absolute Gasteiger partial charge is 0.310 e. The van der Waals surface area contributed by atoms with Crippen LogP contribution in [0.5, 0.6) is 0 Å². The minimum absolute atomic E-state index is 0.184. The lowest BCUT2D eigenvalue weighted by Gasteiger charge is -2.18. The molecule has 2 aliphatic heterocycles. The van der Waals surface area contributed by atoms with Gasteiger partial charge in [0.2, 0.25) is 0 Å². The van der Waals surface area contributed by atoms with E-state index in [-0.39, 0.29) is 12.2 Å². The third-order valence-corrected chi connectivity index (χ3v) is 3.11. The molecule has 14 heavy (non-hydrogen) atoms. The van der Waals surface area contributed by atoms with Crippen LogP contribution in [0, 0.1) is 11.8 Å². The van der Waals surface area contributed by atoms with Crippen molar-refractivity contribution in [2.75, 3.05) is 0 Å². The predicted molar refractivity (Wildman–Crippen MR) is 39.6 cm³/mol. The average Bonchev–Trinajstić information content (AvgIpc) is 2.93. The van der Waals surface area contributed by atoms with E-state index in [0.29, 0.717) is 0 Å². The number of ether oxygens (including phenoxy) is 2. The molecule has 0 aromatic carbocycles. The SMILES string of the molecule is O=C(O)C1C2OC2[C@H]2O[C@H]2[C@H]1C(=O)O. The number of rotatable bonds is 2. The number of hydrogen-bond acceptors (Lipinski definition) is 4. The Balaban J connectivity index is 1.92. The van der Waals surface area contributed by atoms with Crippen LogP contribution in [0.1, 0.15) is 0 Å². The Morgan fingerprint density at radius 2 is 1.14 bits per heavy atom. The first kappa shape index (κ1) is 8.19. The maximum Gasteiger partial charge on any atom is 0.310 e. The fourth-order valence-electron chi connectivity index (χ4n) is 2.38. The quantitative estimate of drug-likeness (QED) is 0.551. The Bertz CT molecular complexity index is 294. The van der Waals surface area contributed by atoms with E-state index in [1.165, 1.54) is 0 Å². The number of epoxide rings is 2. The molecule has 6 atom stereocenters. The van der Waals surface area contributed by atoms with Crippen molar-refractivity contribution in [3.8, 4) is 0 Å². The molecule has 2 N–H and O–H groups in total. The molecule has 76 valence electrons. The molecule has 0 aromatic heterocycles. The number of carboxylic acid groups (broad SMARTS) is 2. The van der Waals surface area contributed by atoms with Crippen molar-refractivity contribution in [3.05, 3.63) is 0 Å². The van der Waals surface area contributed by atoms with E-state index in [4.69, 9.17) is 19.7 Å². The Morgan fingerprint density at radius 3 is 1.43 bits per heavy atom. The lowest BCUT2D eigenvalue weighted by Crippen LogP contribution is -2.42. The lowest BCUT2D eigenvalue weighted by molar-refractivity contribution is -0.155. The van der Waals surface area contributed by atoms with Crippen molar-refractivity contribution in [2.45, 2.75) is 24.4 Å². The second-order valence-electron chi connectivity index (χ2n) is 3.86. The largest absolute Gasteiger partial charge is 0.481 e. The Morgan fingerprint density at radius 1 is 0.786 bits per heavy atom. The maximum atomic E-state index is 10.9. The van der Waals surface area contributed by atoms with Crippen LogP contribution in [0.25, 0.3) is 0 Å². The van der Waals surface area contributed by atoms with E-state index in [1.54, 1.807) is 0 Å². The van der Waals surface area contributed by atoms with Crippen molar-refractivity contribution in [2.24, 2.45) is 11.8 Å². The van der Waals surface area contributed by atoms with Gasteiger partial charge in [0.15, 0.2) is 0 Å². The molecule has 1 saturated carbocycles. The molecular formula is C8H8O6. The average molecular weight is 200 g/mol. The zero-order valence-electron chi connectivity index (χ0n) is 6.99. The van der Waals surface area contributed by atoms with Gasteiger partial charge in [-0.25, -0.2) is 0 Å². The van der Waals surface area contributed by atoms with E-state index >= 15 is 0 Å². The van der Waals surface area contributed by atoms with E-state index in [0.717, 1.165) is 0 Å². The van der Waals surface area contributed by atoms with Gasteiger partial charge < -0.3 is 19.7 Å². The van der Waals surface area contributed by atoms with E-state index in [9.17, 15) is 9.59 Å². The van der Waals surface area contributed by atoms with Crippen LogP contribution in [0.2, 0.25) is 0 Å². The van der Waals surface area contributed by atoms with Gasteiger partial charge in [-0.05, 0) is 0 Å². The van der Waals surface area contributed by atoms with Gasteiger partial charge in [0.05, 0.1) is 0 Å². The first-order valence-electron chi connectivity index (χ1n) is 4.38. The van der Waals surface area contributed by atoms with Crippen molar-refractivity contribution >= 4 is 11.9 Å². The maximum absolute atomic E-state index is 10.9. The van der Waals surface area contributed by atoms with Gasteiger partial charge in [-0.1, -0.05) is 0 Å². The highest BCUT2D eigenvalue weighted by Gasteiger charge is 2.72. The van der Waals surface area contributed by atoms with Gasteiger partial charge >= 0.3 is 11.9 Å². The third-order valence-electron chi connectivity index (χ3n) is 3.11. The predicted octanol–water partition coefficient (Wildman–Crippen LogP) is -1.06. The molecule has 1 aliphatic carbocycles. The molecule has 6 nitrogen and oxygen atoms in total. The Labute approximate surface area is 78.4 Å². The zero-order valence-corrected chi connectivity index (χ0v) is 6.99. The second-order valence-corrected chi connectivity index (χ2v) is 3.86. The van der Waals surface area contributed by atoms with Crippen LogP contribution in [0.4, 0.5) is 0 Å². The van der Waals surface area contributed by atoms with Crippen LogP contribution >= 0.6 is 0 Å². The van der Waals surface area contributed by atoms with Crippen LogP contribution in [-0.2, 0) is 19.1 Å². The first-order valence-corrected chi connectivity index (χ1v) is 4.38. The number of carboxylic acids is 2. The fourth-order valence-corrected chi connectivity index (χ4v) is 2.38. The lowest BCUT2D eigenvalue weighted by atomic mass is 9.79. The molecule has 2 heterocycles.